The smallest absolute Gasteiger partial charge is 0.126 e. The third-order valence-electron chi connectivity index (χ3n) is 4.51. The van der Waals surface area contributed by atoms with Gasteiger partial charge in [0, 0.05) is 0 Å². The Morgan fingerprint density at radius 3 is 2.39 bits per heavy atom. The Morgan fingerprint density at radius 2 is 1.89 bits per heavy atom. The Balaban J connectivity index is 2.15. The fraction of sp³-hybridized carbons (Fsp3) is 0.625. The highest BCUT2D eigenvalue weighted by atomic mass is 19.1. The lowest BCUT2D eigenvalue weighted by Crippen LogP contribution is -2.33. The van der Waals surface area contributed by atoms with Gasteiger partial charge in [-0.05, 0) is 61.6 Å². The van der Waals surface area contributed by atoms with Crippen LogP contribution in [0, 0.1) is 24.6 Å². The van der Waals surface area contributed by atoms with Crippen LogP contribution in [0.2, 0.25) is 0 Å². The Hall–Kier alpha value is -0.890. The Bertz CT molecular complexity index is 417. The van der Waals surface area contributed by atoms with E-state index in [-0.39, 0.29) is 5.82 Å². The molecule has 1 aromatic rings. The molecule has 18 heavy (non-hydrogen) atoms. The molecule has 1 fully saturated rings. The minimum absolute atomic E-state index is 0.216. The summed E-state index contributed by atoms with van der Waals surface area (Å²) in [6, 6.07) is 5.14. The first-order valence-electron chi connectivity index (χ1n) is 6.91. The molecule has 0 spiro atoms. The fourth-order valence-electron chi connectivity index (χ4n) is 2.96. The summed E-state index contributed by atoms with van der Waals surface area (Å²) in [6.07, 6.45) is 3.56. The number of aryl methyl sites for hydroxylation is 1. The zero-order chi connectivity index (χ0) is 13.3. The van der Waals surface area contributed by atoms with E-state index in [1.165, 1.54) is 6.07 Å². The van der Waals surface area contributed by atoms with Gasteiger partial charge < -0.3 is 5.11 Å². The van der Waals surface area contributed by atoms with Crippen LogP contribution < -0.4 is 0 Å². The molecule has 1 N–H and O–H groups in total. The molecule has 0 saturated heterocycles. The fourth-order valence-corrected chi connectivity index (χ4v) is 2.96. The van der Waals surface area contributed by atoms with Crippen molar-refractivity contribution in [3.63, 3.8) is 0 Å². The molecular formula is C16H23FO. The van der Waals surface area contributed by atoms with E-state index in [1.807, 2.05) is 6.07 Å². The summed E-state index contributed by atoms with van der Waals surface area (Å²) in [5.41, 5.74) is 0.561. The Labute approximate surface area is 109 Å². The monoisotopic (exact) mass is 250 g/mol. The van der Waals surface area contributed by atoms with Gasteiger partial charge in [-0.15, -0.1) is 0 Å². The van der Waals surface area contributed by atoms with Gasteiger partial charge in [-0.1, -0.05) is 26.0 Å². The predicted octanol–water partition coefficient (Wildman–Crippen LogP) is 4.17. The predicted molar refractivity (Wildman–Crippen MR) is 71.8 cm³/mol. The second-order valence-corrected chi connectivity index (χ2v) is 6.08. The van der Waals surface area contributed by atoms with E-state index in [4.69, 9.17) is 0 Å². The Morgan fingerprint density at radius 1 is 1.28 bits per heavy atom. The van der Waals surface area contributed by atoms with Crippen LogP contribution in [0.5, 0.6) is 0 Å². The molecule has 2 heteroatoms. The van der Waals surface area contributed by atoms with E-state index in [1.54, 1.807) is 13.0 Å². The molecule has 0 bridgehead atoms. The SMILES string of the molecule is Cc1ccc(C2(O)CCC(C(C)C)CC2)cc1F. The summed E-state index contributed by atoms with van der Waals surface area (Å²) in [5, 5.41) is 10.7. The van der Waals surface area contributed by atoms with E-state index in [2.05, 4.69) is 13.8 Å². The first-order valence-corrected chi connectivity index (χ1v) is 6.91. The van der Waals surface area contributed by atoms with Gasteiger partial charge in [0.25, 0.3) is 0 Å². The summed E-state index contributed by atoms with van der Waals surface area (Å²) in [4.78, 5) is 0. The van der Waals surface area contributed by atoms with E-state index in [0.717, 1.165) is 31.2 Å². The molecule has 0 aliphatic heterocycles. The van der Waals surface area contributed by atoms with Crippen molar-refractivity contribution in [3.05, 3.63) is 35.1 Å². The van der Waals surface area contributed by atoms with Gasteiger partial charge in [0.05, 0.1) is 5.60 Å². The van der Waals surface area contributed by atoms with Gasteiger partial charge in [-0.25, -0.2) is 4.39 Å². The third kappa shape index (κ3) is 2.59. The van der Waals surface area contributed by atoms with E-state index in [9.17, 15) is 9.50 Å². The average molecular weight is 250 g/mol. The second-order valence-electron chi connectivity index (χ2n) is 6.08. The van der Waals surface area contributed by atoms with Crippen LogP contribution in [0.3, 0.4) is 0 Å². The molecule has 1 nitrogen and oxygen atoms in total. The van der Waals surface area contributed by atoms with Crippen LogP contribution in [-0.2, 0) is 5.60 Å². The summed E-state index contributed by atoms with van der Waals surface area (Å²) < 4.78 is 13.6. The summed E-state index contributed by atoms with van der Waals surface area (Å²) in [6.45, 7) is 6.22. The highest BCUT2D eigenvalue weighted by Crippen LogP contribution is 2.41. The summed E-state index contributed by atoms with van der Waals surface area (Å²) in [7, 11) is 0. The highest BCUT2D eigenvalue weighted by Gasteiger charge is 2.35. The molecule has 2 rings (SSSR count). The first-order chi connectivity index (χ1) is 8.42. The van der Waals surface area contributed by atoms with Gasteiger partial charge in [-0.3, -0.25) is 0 Å². The quantitative estimate of drug-likeness (QED) is 0.835. The number of halogens is 1. The Kier molecular flexibility index (Phi) is 3.76. The molecule has 1 aromatic carbocycles. The molecule has 100 valence electrons. The maximum atomic E-state index is 13.6. The van der Waals surface area contributed by atoms with Crippen molar-refractivity contribution in [1.82, 2.24) is 0 Å². The van der Waals surface area contributed by atoms with Crippen molar-refractivity contribution in [2.24, 2.45) is 11.8 Å². The van der Waals surface area contributed by atoms with Crippen LogP contribution >= 0.6 is 0 Å². The maximum absolute atomic E-state index is 13.6. The van der Waals surface area contributed by atoms with Gasteiger partial charge in [0.1, 0.15) is 5.82 Å². The minimum Gasteiger partial charge on any atom is -0.385 e. The van der Waals surface area contributed by atoms with Crippen LogP contribution in [-0.4, -0.2) is 5.11 Å². The molecular weight excluding hydrogens is 227 g/mol. The zero-order valence-electron chi connectivity index (χ0n) is 11.5. The molecule has 1 saturated carbocycles. The number of aliphatic hydroxyl groups is 1. The summed E-state index contributed by atoms with van der Waals surface area (Å²) in [5.74, 6) is 1.15. The maximum Gasteiger partial charge on any atom is 0.126 e. The van der Waals surface area contributed by atoms with E-state index >= 15 is 0 Å². The van der Waals surface area contributed by atoms with Crippen molar-refractivity contribution in [3.8, 4) is 0 Å². The number of rotatable bonds is 2. The van der Waals surface area contributed by atoms with Crippen molar-refractivity contribution in [2.75, 3.05) is 0 Å². The topological polar surface area (TPSA) is 20.2 Å². The second kappa shape index (κ2) is 5.00. The first kappa shape index (κ1) is 13.5. The van der Waals surface area contributed by atoms with Crippen molar-refractivity contribution < 1.29 is 9.50 Å². The standard InChI is InChI=1S/C16H23FO/c1-11(2)13-6-8-16(18,9-7-13)14-5-4-12(3)15(17)10-14/h4-5,10-11,13,18H,6-9H2,1-3H3. The van der Waals surface area contributed by atoms with Gasteiger partial charge in [-0.2, -0.15) is 0 Å². The molecule has 0 radical (unpaired) electrons. The van der Waals surface area contributed by atoms with Crippen molar-refractivity contribution in [1.29, 1.82) is 0 Å². The van der Waals surface area contributed by atoms with Gasteiger partial charge >= 0.3 is 0 Å². The molecule has 1 aliphatic carbocycles. The van der Waals surface area contributed by atoms with Crippen LogP contribution in [0.1, 0.15) is 50.7 Å². The third-order valence-corrected chi connectivity index (χ3v) is 4.51. The van der Waals surface area contributed by atoms with Crippen LogP contribution in [0.15, 0.2) is 18.2 Å². The number of hydrogen-bond donors (Lipinski definition) is 1. The average Bonchev–Trinajstić information content (AvgIpc) is 2.33. The highest BCUT2D eigenvalue weighted by molar-refractivity contribution is 5.28. The molecule has 0 atom stereocenters. The van der Waals surface area contributed by atoms with Gasteiger partial charge in [0.2, 0.25) is 0 Å². The van der Waals surface area contributed by atoms with Crippen molar-refractivity contribution >= 4 is 0 Å². The molecule has 0 unspecified atom stereocenters. The van der Waals surface area contributed by atoms with Gasteiger partial charge in [0.15, 0.2) is 0 Å². The molecule has 0 heterocycles. The lowest BCUT2D eigenvalue weighted by atomic mass is 9.72. The minimum atomic E-state index is -0.820. The zero-order valence-corrected chi connectivity index (χ0v) is 11.5. The molecule has 0 aromatic heterocycles. The van der Waals surface area contributed by atoms with Crippen molar-refractivity contribution in [2.45, 2.75) is 52.1 Å². The largest absolute Gasteiger partial charge is 0.385 e. The van der Waals surface area contributed by atoms with E-state index < -0.39 is 5.60 Å². The normalized spacial score (nSPS) is 28.7. The van der Waals surface area contributed by atoms with E-state index in [0.29, 0.717) is 17.4 Å². The lowest BCUT2D eigenvalue weighted by Gasteiger charge is -2.38. The summed E-state index contributed by atoms with van der Waals surface area (Å²) >= 11 is 0. The number of benzene rings is 1. The van der Waals surface area contributed by atoms with Crippen LogP contribution in [0.25, 0.3) is 0 Å². The van der Waals surface area contributed by atoms with Crippen LogP contribution in [0.4, 0.5) is 4.39 Å². The molecule has 0 amide bonds. The lowest BCUT2D eigenvalue weighted by molar-refractivity contribution is -0.0202. The number of hydrogen-bond acceptors (Lipinski definition) is 1. The molecule has 1 aliphatic rings.